The van der Waals surface area contributed by atoms with Gasteiger partial charge in [0.25, 0.3) is 0 Å². The molecule has 2 aromatic rings. The zero-order valence-corrected chi connectivity index (χ0v) is 17.8. The van der Waals surface area contributed by atoms with Gasteiger partial charge in [-0.1, -0.05) is 36.4 Å². The first-order chi connectivity index (χ1) is 14.1. The topological polar surface area (TPSA) is 61.8 Å². The van der Waals surface area contributed by atoms with E-state index in [1.54, 1.807) is 0 Å². The quantitative estimate of drug-likeness (QED) is 0.557. The lowest BCUT2D eigenvalue weighted by atomic mass is 10.0. The molecule has 0 bridgehead atoms. The van der Waals surface area contributed by atoms with Gasteiger partial charge in [-0.25, -0.2) is 4.98 Å². The Balaban J connectivity index is 1.40. The van der Waals surface area contributed by atoms with Crippen LogP contribution in [0.15, 0.2) is 53.7 Å². The maximum atomic E-state index is 5.59. The van der Waals surface area contributed by atoms with Crippen molar-refractivity contribution in [3.05, 3.63) is 59.8 Å². The molecule has 0 saturated carbocycles. The molecule has 1 aliphatic rings. The molecule has 0 atom stereocenters. The molecule has 0 aliphatic carbocycles. The summed E-state index contributed by atoms with van der Waals surface area (Å²) in [5.41, 5.74) is 2.48. The molecular weight excluding hydrogens is 362 g/mol. The number of likely N-dealkylation sites (tertiary alicyclic amines) is 1. The fraction of sp³-hybridized carbons (Fsp3) is 0.478. The van der Waals surface area contributed by atoms with Gasteiger partial charge in [0.2, 0.25) is 5.88 Å². The Bertz CT molecular complexity index is 753. The van der Waals surface area contributed by atoms with Crippen molar-refractivity contribution in [3.63, 3.8) is 0 Å². The SMILES string of the molecule is CN=C(NCc1ccc(OC(C)C)nc1)NC1CCN(Cc2ccccc2)CC1. The third kappa shape index (κ3) is 7.06. The van der Waals surface area contributed by atoms with Gasteiger partial charge in [0, 0.05) is 51.5 Å². The number of hydrogen-bond acceptors (Lipinski definition) is 4. The smallest absolute Gasteiger partial charge is 0.213 e. The van der Waals surface area contributed by atoms with E-state index in [9.17, 15) is 0 Å². The molecule has 1 saturated heterocycles. The van der Waals surface area contributed by atoms with E-state index in [0.29, 0.717) is 18.5 Å². The van der Waals surface area contributed by atoms with E-state index in [2.05, 4.69) is 55.8 Å². The summed E-state index contributed by atoms with van der Waals surface area (Å²) in [5.74, 6) is 1.50. The van der Waals surface area contributed by atoms with Crippen LogP contribution in [0.3, 0.4) is 0 Å². The molecule has 6 nitrogen and oxygen atoms in total. The predicted molar refractivity (Wildman–Crippen MR) is 118 cm³/mol. The second-order valence-corrected chi connectivity index (χ2v) is 7.78. The Morgan fingerprint density at radius 2 is 1.90 bits per heavy atom. The molecule has 1 aliphatic heterocycles. The first-order valence-corrected chi connectivity index (χ1v) is 10.5. The van der Waals surface area contributed by atoms with E-state index in [4.69, 9.17) is 4.74 Å². The van der Waals surface area contributed by atoms with Crippen LogP contribution in [0, 0.1) is 0 Å². The van der Waals surface area contributed by atoms with Crippen LogP contribution in [0.2, 0.25) is 0 Å². The van der Waals surface area contributed by atoms with E-state index in [0.717, 1.165) is 44.0 Å². The monoisotopic (exact) mass is 395 g/mol. The minimum absolute atomic E-state index is 0.133. The van der Waals surface area contributed by atoms with Gasteiger partial charge in [0.1, 0.15) is 0 Å². The first kappa shape index (κ1) is 21.1. The summed E-state index contributed by atoms with van der Waals surface area (Å²) in [6.45, 7) is 7.92. The zero-order chi connectivity index (χ0) is 20.5. The molecule has 0 unspecified atom stereocenters. The minimum atomic E-state index is 0.133. The molecule has 0 spiro atoms. The van der Waals surface area contributed by atoms with E-state index in [1.165, 1.54) is 5.56 Å². The molecule has 1 aromatic carbocycles. The van der Waals surface area contributed by atoms with Crippen molar-refractivity contribution in [2.75, 3.05) is 20.1 Å². The van der Waals surface area contributed by atoms with E-state index >= 15 is 0 Å². The maximum Gasteiger partial charge on any atom is 0.213 e. The molecule has 1 aromatic heterocycles. The Labute approximate surface area is 174 Å². The van der Waals surface area contributed by atoms with Crippen molar-refractivity contribution in [2.45, 2.75) is 51.9 Å². The summed E-state index contributed by atoms with van der Waals surface area (Å²) in [6.07, 6.45) is 4.22. The van der Waals surface area contributed by atoms with Gasteiger partial charge in [0.15, 0.2) is 5.96 Å². The number of aromatic nitrogens is 1. The van der Waals surface area contributed by atoms with Crippen LogP contribution >= 0.6 is 0 Å². The van der Waals surface area contributed by atoms with Gasteiger partial charge in [-0.2, -0.15) is 0 Å². The summed E-state index contributed by atoms with van der Waals surface area (Å²) in [6, 6.07) is 15.1. The fourth-order valence-electron chi connectivity index (χ4n) is 3.48. The number of guanidine groups is 1. The lowest BCUT2D eigenvalue weighted by molar-refractivity contribution is 0.198. The molecule has 29 heavy (non-hydrogen) atoms. The predicted octanol–water partition coefficient (Wildman–Crippen LogP) is 3.20. The zero-order valence-electron chi connectivity index (χ0n) is 17.8. The van der Waals surface area contributed by atoms with Gasteiger partial charge in [0.05, 0.1) is 6.10 Å². The Morgan fingerprint density at radius 1 is 1.14 bits per heavy atom. The van der Waals surface area contributed by atoms with E-state index in [1.807, 2.05) is 39.2 Å². The molecule has 0 radical (unpaired) electrons. The minimum Gasteiger partial charge on any atom is -0.475 e. The number of pyridine rings is 1. The summed E-state index contributed by atoms with van der Waals surface area (Å²) >= 11 is 0. The average molecular weight is 396 g/mol. The molecular formula is C23H33N5O. The number of piperidine rings is 1. The van der Waals surface area contributed by atoms with Crippen LogP contribution in [0.1, 0.15) is 37.8 Å². The largest absolute Gasteiger partial charge is 0.475 e. The third-order valence-electron chi connectivity index (χ3n) is 5.02. The molecule has 156 valence electrons. The maximum absolute atomic E-state index is 5.59. The molecule has 6 heteroatoms. The number of benzene rings is 1. The van der Waals surface area contributed by atoms with Gasteiger partial charge >= 0.3 is 0 Å². The molecule has 2 heterocycles. The Hall–Kier alpha value is -2.60. The number of nitrogens with one attached hydrogen (secondary N) is 2. The highest BCUT2D eigenvalue weighted by Crippen LogP contribution is 2.14. The lowest BCUT2D eigenvalue weighted by Crippen LogP contribution is -2.48. The highest BCUT2D eigenvalue weighted by molar-refractivity contribution is 5.79. The van der Waals surface area contributed by atoms with E-state index in [-0.39, 0.29) is 6.10 Å². The number of aliphatic imine (C=N–C) groups is 1. The van der Waals surface area contributed by atoms with E-state index < -0.39 is 0 Å². The third-order valence-corrected chi connectivity index (χ3v) is 5.02. The highest BCUT2D eigenvalue weighted by atomic mass is 16.5. The van der Waals surface area contributed by atoms with Crippen LogP contribution in [-0.2, 0) is 13.1 Å². The molecule has 2 N–H and O–H groups in total. The summed E-state index contributed by atoms with van der Waals surface area (Å²) in [4.78, 5) is 11.3. The molecule has 0 amide bonds. The normalized spacial score (nSPS) is 16.1. The first-order valence-electron chi connectivity index (χ1n) is 10.5. The lowest BCUT2D eigenvalue weighted by Gasteiger charge is -2.33. The second kappa shape index (κ2) is 10.8. The Kier molecular flexibility index (Phi) is 7.87. The Morgan fingerprint density at radius 3 is 2.52 bits per heavy atom. The summed E-state index contributed by atoms with van der Waals surface area (Å²) in [7, 11) is 1.82. The average Bonchev–Trinajstić information content (AvgIpc) is 2.74. The number of hydrogen-bond donors (Lipinski definition) is 2. The molecule has 3 rings (SSSR count). The highest BCUT2D eigenvalue weighted by Gasteiger charge is 2.20. The number of nitrogens with zero attached hydrogens (tertiary/aromatic N) is 3. The van der Waals surface area contributed by atoms with Crippen LogP contribution in [-0.4, -0.2) is 48.1 Å². The number of rotatable bonds is 7. The van der Waals surface area contributed by atoms with Crippen LogP contribution in [0.25, 0.3) is 0 Å². The van der Waals surface area contributed by atoms with Crippen molar-refractivity contribution in [3.8, 4) is 5.88 Å². The van der Waals surface area contributed by atoms with Crippen LogP contribution < -0.4 is 15.4 Å². The van der Waals surface area contributed by atoms with Crippen LogP contribution in [0.4, 0.5) is 0 Å². The van der Waals surface area contributed by atoms with Gasteiger partial charge in [-0.05, 0) is 37.8 Å². The van der Waals surface area contributed by atoms with Crippen molar-refractivity contribution in [2.24, 2.45) is 4.99 Å². The van der Waals surface area contributed by atoms with Gasteiger partial charge < -0.3 is 15.4 Å². The number of ether oxygens (including phenoxy) is 1. The summed E-state index contributed by atoms with van der Waals surface area (Å²) in [5, 5.41) is 6.95. The van der Waals surface area contributed by atoms with Crippen molar-refractivity contribution in [1.29, 1.82) is 0 Å². The molecule has 1 fully saturated rings. The van der Waals surface area contributed by atoms with Gasteiger partial charge in [-0.3, -0.25) is 9.89 Å². The standard InChI is InChI=1S/C23H33N5O/c1-18(2)29-22-10-9-20(15-25-22)16-26-23(24-3)27-21-11-13-28(14-12-21)17-19-7-5-4-6-8-19/h4-10,15,18,21H,11-14,16-17H2,1-3H3,(H2,24,26,27). The van der Waals surface area contributed by atoms with Crippen molar-refractivity contribution >= 4 is 5.96 Å². The van der Waals surface area contributed by atoms with Crippen LogP contribution in [0.5, 0.6) is 5.88 Å². The fourth-order valence-corrected chi connectivity index (χ4v) is 3.48. The summed E-state index contributed by atoms with van der Waals surface area (Å²) < 4.78 is 5.59. The van der Waals surface area contributed by atoms with Crippen molar-refractivity contribution < 1.29 is 4.74 Å². The van der Waals surface area contributed by atoms with Crippen molar-refractivity contribution in [1.82, 2.24) is 20.5 Å². The van der Waals surface area contributed by atoms with Gasteiger partial charge in [-0.15, -0.1) is 0 Å². The second-order valence-electron chi connectivity index (χ2n) is 7.78.